The van der Waals surface area contributed by atoms with Crippen molar-refractivity contribution >= 4 is 23.6 Å². The van der Waals surface area contributed by atoms with Crippen LogP contribution in [0.3, 0.4) is 0 Å². The summed E-state index contributed by atoms with van der Waals surface area (Å²) in [7, 11) is 0. The van der Waals surface area contributed by atoms with Crippen LogP contribution in [0.4, 0.5) is 44.7 Å². The van der Waals surface area contributed by atoms with Crippen molar-refractivity contribution in [1.82, 2.24) is 10.9 Å². The van der Waals surface area contributed by atoms with Crippen LogP contribution in [-0.2, 0) is 15.7 Å². The number of carbonyl (C=O) groups excluding carboxylic acids is 2. The zero-order valence-electron chi connectivity index (χ0n) is 25.3. The molecule has 2 aliphatic heterocycles. The average Bonchev–Trinajstić information content (AvgIpc) is 3.05. The first-order valence-corrected chi connectivity index (χ1v) is 14.2. The molecular formula is C33H22F8N4O5. The largest absolute Gasteiger partial charge is 0.573 e. The third-order valence-corrected chi connectivity index (χ3v) is 7.03. The summed E-state index contributed by atoms with van der Waals surface area (Å²) in [6.07, 6.45) is -11.8. The molecule has 0 aromatic heterocycles. The fourth-order valence-corrected chi connectivity index (χ4v) is 4.80. The Kier molecular flexibility index (Phi) is 10.1. The molecule has 0 spiro atoms. The van der Waals surface area contributed by atoms with Gasteiger partial charge in [-0.25, -0.2) is 29.2 Å². The molecular weight excluding hydrogens is 684 g/mol. The standard InChI is InChI=1S/C17H12F4N2O2.C16H10F4N2O3/c1-9-15(22-23-16(24)25-9)11-4-7-13(14(8-11)17(19,20)21)10-2-5-12(18)6-3-10;17-11-4-1-9(2-5-11)12-6-3-10(7-14(12)25-16(18,19)20)13-8-24-15(23)22-21-13/h2-9H,1H3,(H,23,24);1-7H,8H2,(H,22,23)/t9-;/m0./s1. The Bertz CT molecular complexity index is 1960. The van der Waals surface area contributed by atoms with Gasteiger partial charge in [-0.05, 0) is 66.1 Å². The highest BCUT2D eigenvalue weighted by Gasteiger charge is 2.35. The normalized spacial score (nSPS) is 16.0. The number of hydrogen-bond donors (Lipinski definition) is 2. The number of benzene rings is 4. The van der Waals surface area contributed by atoms with E-state index in [9.17, 15) is 44.7 Å². The summed E-state index contributed by atoms with van der Waals surface area (Å²) in [6, 6.07) is 17.4. The van der Waals surface area contributed by atoms with Gasteiger partial charge in [-0.1, -0.05) is 42.5 Å². The minimum atomic E-state index is -4.91. The molecule has 0 unspecified atom stereocenters. The van der Waals surface area contributed by atoms with Gasteiger partial charge in [-0.3, -0.25) is 0 Å². The average molecular weight is 707 g/mol. The molecule has 2 N–H and O–H groups in total. The van der Waals surface area contributed by atoms with Gasteiger partial charge in [0.2, 0.25) is 0 Å². The van der Waals surface area contributed by atoms with Crippen LogP contribution in [0.5, 0.6) is 5.75 Å². The van der Waals surface area contributed by atoms with Gasteiger partial charge < -0.3 is 14.2 Å². The third-order valence-electron chi connectivity index (χ3n) is 7.03. The predicted molar refractivity (Wildman–Crippen MR) is 162 cm³/mol. The quantitative estimate of drug-likeness (QED) is 0.204. The fraction of sp³-hybridized carbons (Fsp3) is 0.152. The number of halogens is 8. The van der Waals surface area contributed by atoms with Crippen molar-refractivity contribution < 1.29 is 58.9 Å². The summed E-state index contributed by atoms with van der Waals surface area (Å²) in [5, 5.41) is 7.51. The molecule has 4 aromatic rings. The summed E-state index contributed by atoms with van der Waals surface area (Å²) >= 11 is 0. The molecule has 2 heterocycles. The lowest BCUT2D eigenvalue weighted by Gasteiger charge is -2.21. The van der Waals surface area contributed by atoms with Gasteiger partial charge in [0.1, 0.15) is 41.5 Å². The number of carbonyl (C=O) groups is 2. The minimum Gasteiger partial charge on any atom is -0.442 e. The molecule has 0 fully saturated rings. The van der Waals surface area contributed by atoms with E-state index in [1.807, 2.05) is 0 Å². The summed E-state index contributed by atoms with van der Waals surface area (Å²) in [5.41, 5.74) is 4.76. The Morgan fingerprint density at radius 1 is 0.700 bits per heavy atom. The molecule has 0 radical (unpaired) electrons. The van der Waals surface area contributed by atoms with Gasteiger partial charge in [0, 0.05) is 16.7 Å². The van der Waals surface area contributed by atoms with E-state index >= 15 is 0 Å². The number of hydrogen-bond acceptors (Lipinski definition) is 7. The Labute approximate surface area is 277 Å². The van der Waals surface area contributed by atoms with E-state index in [1.165, 1.54) is 55.5 Å². The molecule has 9 nitrogen and oxygen atoms in total. The maximum atomic E-state index is 13.5. The van der Waals surface area contributed by atoms with Gasteiger partial charge in [-0.15, -0.1) is 13.2 Å². The van der Waals surface area contributed by atoms with E-state index < -0.39 is 53.8 Å². The Morgan fingerprint density at radius 3 is 1.78 bits per heavy atom. The van der Waals surface area contributed by atoms with E-state index in [0.717, 1.165) is 36.4 Å². The van der Waals surface area contributed by atoms with E-state index in [0.29, 0.717) is 5.56 Å². The van der Waals surface area contributed by atoms with Gasteiger partial charge in [0.25, 0.3) is 0 Å². The third kappa shape index (κ3) is 8.72. The second-order valence-corrected chi connectivity index (χ2v) is 10.4. The highest BCUT2D eigenvalue weighted by molar-refractivity contribution is 6.06. The predicted octanol–water partition coefficient (Wildman–Crippen LogP) is 8.18. The van der Waals surface area contributed by atoms with Gasteiger partial charge in [-0.2, -0.15) is 23.4 Å². The topological polar surface area (TPSA) is 111 Å². The molecule has 50 heavy (non-hydrogen) atoms. The highest BCUT2D eigenvalue weighted by atomic mass is 19.4. The van der Waals surface area contributed by atoms with Gasteiger partial charge in [0.05, 0.1) is 5.56 Å². The molecule has 0 saturated carbocycles. The molecule has 1 atom stereocenters. The summed E-state index contributed by atoms with van der Waals surface area (Å²) in [5.74, 6) is -1.52. The Morgan fingerprint density at radius 2 is 1.24 bits per heavy atom. The summed E-state index contributed by atoms with van der Waals surface area (Å²) in [6.45, 7) is 1.33. The number of hydrazone groups is 2. The van der Waals surface area contributed by atoms with E-state index in [2.05, 4.69) is 25.8 Å². The number of amides is 2. The van der Waals surface area contributed by atoms with Crippen molar-refractivity contribution in [3.05, 3.63) is 113 Å². The van der Waals surface area contributed by atoms with Crippen LogP contribution in [0, 0.1) is 11.6 Å². The zero-order valence-corrected chi connectivity index (χ0v) is 25.3. The number of alkyl halides is 6. The molecule has 6 rings (SSSR count). The number of nitrogens with one attached hydrogen (secondary N) is 2. The molecule has 17 heteroatoms. The van der Waals surface area contributed by atoms with Crippen LogP contribution in [-0.4, -0.2) is 42.7 Å². The van der Waals surface area contributed by atoms with Crippen LogP contribution in [0.25, 0.3) is 22.3 Å². The molecule has 0 saturated heterocycles. The molecule has 4 aromatic carbocycles. The highest BCUT2D eigenvalue weighted by Crippen LogP contribution is 2.38. The SMILES string of the molecule is C[C@@H]1OC(=O)NN=C1c1ccc(-c2ccc(F)cc2)c(C(F)(F)F)c1.O=C1NN=C(c2ccc(-c3ccc(F)cc3)c(OC(F)(F)F)c2)CO1. The lowest BCUT2D eigenvalue weighted by molar-refractivity contribution is -0.274. The number of rotatable bonds is 5. The number of ether oxygens (including phenoxy) is 3. The van der Waals surface area contributed by atoms with E-state index in [4.69, 9.17) is 9.47 Å². The Balaban J connectivity index is 0.000000194. The first kappa shape index (κ1) is 35.3. The van der Waals surface area contributed by atoms with Gasteiger partial charge >= 0.3 is 24.7 Å². The van der Waals surface area contributed by atoms with Crippen LogP contribution in [0.15, 0.2) is 95.1 Å². The van der Waals surface area contributed by atoms with Gasteiger partial charge in [0.15, 0.2) is 0 Å². The fourth-order valence-electron chi connectivity index (χ4n) is 4.80. The van der Waals surface area contributed by atoms with Crippen molar-refractivity contribution in [3.8, 4) is 28.0 Å². The second-order valence-electron chi connectivity index (χ2n) is 10.4. The molecule has 2 aliphatic rings. The van der Waals surface area contributed by atoms with Crippen molar-refractivity contribution in [2.24, 2.45) is 10.2 Å². The van der Waals surface area contributed by atoms with Crippen LogP contribution in [0.1, 0.15) is 23.6 Å². The Hall–Kier alpha value is -6.00. The number of nitrogens with zero attached hydrogens (tertiary/aromatic N) is 2. The van der Waals surface area contributed by atoms with E-state index in [1.54, 1.807) is 0 Å². The van der Waals surface area contributed by atoms with Crippen molar-refractivity contribution in [1.29, 1.82) is 0 Å². The smallest absolute Gasteiger partial charge is 0.442 e. The molecule has 0 bridgehead atoms. The molecule has 260 valence electrons. The second kappa shape index (κ2) is 14.2. The summed E-state index contributed by atoms with van der Waals surface area (Å²) in [4.78, 5) is 22.0. The first-order valence-electron chi connectivity index (χ1n) is 14.2. The van der Waals surface area contributed by atoms with Crippen molar-refractivity contribution in [2.75, 3.05) is 6.61 Å². The summed E-state index contributed by atoms with van der Waals surface area (Å²) < 4.78 is 119. The van der Waals surface area contributed by atoms with Crippen molar-refractivity contribution in [2.45, 2.75) is 25.6 Å². The zero-order chi connectivity index (χ0) is 36.2. The maximum Gasteiger partial charge on any atom is 0.573 e. The minimum absolute atomic E-state index is 0.0785. The molecule has 0 aliphatic carbocycles. The van der Waals surface area contributed by atoms with Crippen molar-refractivity contribution in [3.63, 3.8) is 0 Å². The maximum absolute atomic E-state index is 13.5. The lowest BCUT2D eigenvalue weighted by atomic mass is 9.94. The van der Waals surface area contributed by atoms with Crippen LogP contribution >= 0.6 is 0 Å². The monoisotopic (exact) mass is 706 g/mol. The lowest BCUT2D eigenvalue weighted by Crippen LogP contribution is -2.37. The van der Waals surface area contributed by atoms with Crippen LogP contribution < -0.4 is 15.6 Å². The first-order chi connectivity index (χ1) is 23.6. The van der Waals surface area contributed by atoms with Crippen LogP contribution in [0.2, 0.25) is 0 Å². The molecule has 2 amide bonds. The number of cyclic esters (lactones) is 2. The van der Waals surface area contributed by atoms with E-state index in [-0.39, 0.29) is 45.8 Å².